The van der Waals surface area contributed by atoms with Crippen molar-refractivity contribution in [2.24, 2.45) is 5.92 Å². The third-order valence-electron chi connectivity index (χ3n) is 5.40. The van der Waals surface area contributed by atoms with Gasteiger partial charge in [-0.2, -0.15) is 0 Å². The lowest BCUT2D eigenvalue weighted by Gasteiger charge is -2.26. The second kappa shape index (κ2) is 6.86. The molecule has 4 nitrogen and oxygen atoms in total. The van der Waals surface area contributed by atoms with E-state index < -0.39 is 0 Å². The van der Waals surface area contributed by atoms with Gasteiger partial charge in [0, 0.05) is 24.9 Å². The highest BCUT2D eigenvalue weighted by atomic mass is 35.5. The average Bonchev–Trinajstić information content (AvgIpc) is 3.43. The molecule has 2 aromatic rings. The predicted molar refractivity (Wildman–Crippen MR) is 109 cm³/mol. The molecule has 0 saturated heterocycles. The summed E-state index contributed by atoms with van der Waals surface area (Å²) in [6.45, 7) is 2.07. The molecule has 27 heavy (non-hydrogen) atoms. The quantitative estimate of drug-likeness (QED) is 0.847. The zero-order chi connectivity index (χ0) is 19.1. The summed E-state index contributed by atoms with van der Waals surface area (Å²) in [6, 6.07) is 11.9. The zero-order valence-electron chi connectivity index (χ0n) is 15.3. The molecular weight excluding hydrogens is 360 g/mol. The number of fused-ring (bicyclic) bond motifs is 2. The Morgan fingerprint density at radius 2 is 1.89 bits per heavy atom. The first-order valence-electron chi connectivity index (χ1n) is 9.08. The number of carbonyl (C=O) groups is 2. The summed E-state index contributed by atoms with van der Waals surface area (Å²) in [7, 11) is 1.68. The van der Waals surface area contributed by atoms with Gasteiger partial charge in [-0.05, 0) is 52.8 Å². The molecule has 1 saturated carbocycles. The monoisotopic (exact) mass is 380 g/mol. The van der Waals surface area contributed by atoms with Crippen LogP contribution in [-0.2, 0) is 16.1 Å². The van der Waals surface area contributed by atoms with Gasteiger partial charge < -0.3 is 10.2 Å². The fourth-order valence-corrected chi connectivity index (χ4v) is 4.00. The maximum Gasteiger partial charge on any atom is 0.224 e. The van der Waals surface area contributed by atoms with Gasteiger partial charge in [0.2, 0.25) is 11.8 Å². The first-order valence-corrected chi connectivity index (χ1v) is 9.46. The van der Waals surface area contributed by atoms with Crippen molar-refractivity contribution in [1.29, 1.82) is 0 Å². The van der Waals surface area contributed by atoms with Crippen molar-refractivity contribution in [2.75, 3.05) is 11.9 Å². The summed E-state index contributed by atoms with van der Waals surface area (Å²) >= 11 is 6.14. The molecule has 0 bridgehead atoms. The predicted octanol–water partition coefficient (Wildman–Crippen LogP) is 4.23. The summed E-state index contributed by atoms with van der Waals surface area (Å²) in [5.74, 6) is 0.410. The topological polar surface area (TPSA) is 49.4 Å². The minimum absolute atomic E-state index is 0.0140. The number of nitrogens with zero attached hydrogens (tertiary/aromatic N) is 1. The molecule has 4 rings (SSSR count). The molecule has 2 aliphatic rings. The Morgan fingerprint density at radius 3 is 2.63 bits per heavy atom. The van der Waals surface area contributed by atoms with Gasteiger partial charge in [-0.1, -0.05) is 42.0 Å². The van der Waals surface area contributed by atoms with E-state index in [1.165, 1.54) is 0 Å². The van der Waals surface area contributed by atoms with Gasteiger partial charge in [-0.3, -0.25) is 9.59 Å². The van der Waals surface area contributed by atoms with E-state index in [2.05, 4.69) is 29.6 Å². The van der Waals surface area contributed by atoms with Crippen molar-refractivity contribution in [1.82, 2.24) is 5.32 Å². The standard InChI is InChI=1S/C22H21ClN2O2/c1-13(26)25-12-17-9-15(19-11-20(19)22(27)24-2)5-3-14(17)4-6-16-10-18(23)7-8-21(16)25/h3-10,19-20H,11-12H2,1-2H3,(H,24,27)/b6-4-. The maximum absolute atomic E-state index is 12.3. The van der Waals surface area contributed by atoms with Crippen LogP contribution in [0.4, 0.5) is 5.69 Å². The summed E-state index contributed by atoms with van der Waals surface area (Å²) in [5, 5.41) is 3.38. The number of carbonyl (C=O) groups excluding carboxylic acids is 2. The van der Waals surface area contributed by atoms with Crippen LogP contribution in [0.1, 0.15) is 41.5 Å². The Balaban J connectivity index is 1.73. The van der Waals surface area contributed by atoms with Gasteiger partial charge >= 0.3 is 0 Å². The first-order chi connectivity index (χ1) is 13.0. The van der Waals surface area contributed by atoms with Crippen molar-refractivity contribution < 1.29 is 9.59 Å². The van der Waals surface area contributed by atoms with Crippen LogP contribution in [-0.4, -0.2) is 18.9 Å². The van der Waals surface area contributed by atoms with Crippen molar-refractivity contribution in [3.63, 3.8) is 0 Å². The van der Waals surface area contributed by atoms with Gasteiger partial charge in [-0.25, -0.2) is 0 Å². The minimum Gasteiger partial charge on any atom is -0.359 e. The Morgan fingerprint density at radius 1 is 1.11 bits per heavy atom. The Kier molecular flexibility index (Phi) is 4.52. The SMILES string of the molecule is CNC(=O)C1CC1c1ccc2c(c1)CN(C(C)=O)c1ccc(Cl)cc1/C=C\2. The second-order valence-electron chi connectivity index (χ2n) is 7.16. The summed E-state index contributed by atoms with van der Waals surface area (Å²) < 4.78 is 0. The number of rotatable bonds is 2. The molecule has 138 valence electrons. The van der Waals surface area contributed by atoms with Crippen molar-refractivity contribution >= 4 is 41.3 Å². The fourth-order valence-electron chi connectivity index (χ4n) is 3.82. The molecule has 2 amide bonds. The zero-order valence-corrected chi connectivity index (χ0v) is 16.1. The molecule has 0 radical (unpaired) electrons. The largest absolute Gasteiger partial charge is 0.359 e. The van der Waals surface area contributed by atoms with E-state index in [4.69, 9.17) is 11.6 Å². The van der Waals surface area contributed by atoms with E-state index >= 15 is 0 Å². The van der Waals surface area contributed by atoms with E-state index in [-0.39, 0.29) is 23.7 Å². The second-order valence-corrected chi connectivity index (χ2v) is 7.60. The molecule has 2 aromatic carbocycles. The van der Waals surface area contributed by atoms with Gasteiger partial charge in [0.1, 0.15) is 0 Å². The number of halogens is 1. The Bertz CT molecular complexity index is 967. The molecule has 0 spiro atoms. The van der Waals surface area contributed by atoms with Crippen LogP contribution in [0.15, 0.2) is 36.4 Å². The number of hydrogen-bond acceptors (Lipinski definition) is 2. The smallest absolute Gasteiger partial charge is 0.224 e. The summed E-state index contributed by atoms with van der Waals surface area (Å²) in [5.41, 5.74) is 5.11. The van der Waals surface area contributed by atoms with Crippen LogP contribution in [0.25, 0.3) is 12.2 Å². The normalized spacial score (nSPS) is 21.4. The number of anilines is 1. The fraction of sp³-hybridized carbons (Fsp3) is 0.273. The summed E-state index contributed by atoms with van der Waals surface area (Å²) in [4.78, 5) is 26.0. The lowest BCUT2D eigenvalue weighted by Crippen LogP contribution is -2.29. The van der Waals surface area contributed by atoms with Crippen LogP contribution in [0, 0.1) is 5.92 Å². The van der Waals surface area contributed by atoms with Gasteiger partial charge in [-0.15, -0.1) is 0 Å². The van der Waals surface area contributed by atoms with E-state index in [1.54, 1.807) is 24.9 Å². The molecule has 1 fully saturated rings. The van der Waals surface area contributed by atoms with Crippen LogP contribution in [0.3, 0.4) is 0 Å². The van der Waals surface area contributed by atoms with Crippen molar-refractivity contribution in [2.45, 2.75) is 25.8 Å². The van der Waals surface area contributed by atoms with Crippen LogP contribution in [0.5, 0.6) is 0 Å². The Labute approximate surface area is 163 Å². The molecule has 1 heterocycles. The number of hydrogen-bond donors (Lipinski definition) is 1. The molecule has 2 atom stereocenters. The summed E-state index contributed by atoms with van der Waals surface area (Å²) in [6.07, 6.45) is 4.94. The van der Waals surface area contributed by atoms with Gasteiger partial charge in [0.25, 0.3) is 0 Å². The van der Waals surface area contributed by atoms with Crippen LogP contribution >= 0.6 is 11.6 Å². The molecule has 1 aliphatic heterocycles. The van der Waals surface area contributed by atoms with Crippen molar-refractivity contribution in [3.05, 3.63) is 63.7 Å². The molecule has 2 unspecified atom stereocenters. The Hall–Kier alpha value is -2.59. The van der Waals surface area contributed by atoms with E-state index in [0.29, 0.717) is 11.6 Å². The van der Waals surface area contributed by atoms with Crippen LogP contribution in [0.2, 0.25) is 5.02 Å². The molecule has 1 aliphatic carbocycles. The average molecular weight is 381 g/mol. The molecular formula is C22H21ClN2O2. The first kappa shape index (κ1) is 17.8. The lowest BCUT2D eigenvalue weighted by atomic mass is 9.97. The number of nitrogens with one attached hydrogen (secondary N) is 1. The van der Waals surface area contributed by atoms with E-state index in [0.717, 1.165) is 34.4 Å². The number of benzene rings is 2. The molecule has 1 N–H and O–H groups in total. The number of amides is 2. The highest BCUT2D eigenvalue weighted by molar-refractivity contribution is 6.30. The minimum atomic E-state index is -0.0140. The highest BCUT2D eigenvalue weighted by Crippen LogP contribution is 2.48. The lowest BCUT2D eigenvalue weighted by molar-refractivity contribution is -0.122. The third-order valence-corrected chi connectivity index (χ3v) is 5.64. The third kappa shape index (κ3) is 3.37. The maximum atomic E-state index is 12.3. The van der Waals surface area contributed by atoms with E-state index in [9.17, 15) is 9.59 Å². The highest BCUT2D eigenvalue weighted by Gasteiger charge is 2.43. The van der Waals surface area contributed by atoms with Crippen molar-refractivity contribution in [3.8, 4) is 0 Å². The van der Waals surface area contributed by atoms with Gasteiger partial charge in [0.05, 0.1) is 12.2 Å². The van der Waals surface area contributed by atoms with Crippen LogP contribution < -0.4 is 10.2 Å². The van der Waals surface area contributed by atoms with E-state index in [1.807, 2.05) is 18.2 Å². The molecule has 5 heteroatoms. The molecule has 0 aromatic heterocycles. The van der Waals surface area contributed by atoms with Gasteiger partial charge in [0.15, 0.2) is 0 Å².